The highest BCUT2D eigenvalue weighted by Gasteiger charge is 2.40. The molecule has 1 saturated carbocycles. The van der Waals surface area contributed by atoms with E-state index in [9.17, 15) is 23.1 Å². The first kappa shape index (κ1) is 17.2. The van der Waals surface area contributed by atoms with Crippen molar-refractivity contribution in [2.75, 3.05) is 20.1 Å². The molecular weight excluding hydrogens is 273 g/mol. The number of carboxylic acid groups (broad SMARTS) is 1. The second-order valence-corrected chi connectivity index (χ2v) is 5.62. The van der Waals surface area contributed by atoms with Crippen molar-refractivity contribution >= 4 is 5.97 Å². The van der Waals surface area contributed by atoms with Crippen molar-refractivity contribution in [1.29, 1.82) is 0 Å². The Morgan fingerprint density at radius 1 is 1.40 bits per heavy atom. The Balaban J connectivity index is 2.43. The SMILES string of the molecule is CCC(CCCN(C)CC(F)(F)F)(NC1CC1)C(=O)O. The summed E-state index contributed by atoms with van der Waals surface area (Å²) in [5.74, 6) is -0.912. The molecule has 2 N–H and O–H groups in total. The Morgan fingerprint density at radius 2 is 2.00 bits per heavy atom. The zero-order chi connectivity index (χ0) is 15.4. The topological polar surface area (TPSA) is 52.6 Å². The summed E-state index contributed by atoms with van der Waals surface area (Å²) in [6.07, 6.45) is -1.06. The van der Waals surface area contributed by atoms with E-state index >= 15 is 0 Å². The number of hydrogen-bond donors (Lipinski definition) is 2. The van der Waals surface area contributed by atoms with Crippen molar-refractivity contribution in [2.24, 2.45) is 0 Å². The number of nitrogens with one attached hydrogen (secondary N) is 1. The molecule has 0 heterocycles. The Kier molecular flexibility index (Phi) is 5.82. The Morgan fingerprint density at radius 3 is 2.40 bits per heavy atom. The molecular formula is C13H23F3N2O2. The molecule has 1 aliphatic carbocycles. The maximum absolute atomic E-state index is 12.2. The van der Waals surface area contributed by atoms with Crippen LogP contribution < -0.4 is 5.32 Å². The Labute approximate surface area is 117 Å². The van der Waals surface area contributed by atoms with E-state index in [4.69, 9.17) is 0 Å². The zero-order valence-corrected chi connectivity index (χ0v) is 12.0. The molecule has 1 rings (SSSR count). The first-order valence-corrected chi connectivity index (χ1v) is 6.95. The van der Waals surface area contributed by atoms with Crippen LogP contribution in [0.25, 0.3) is 0 Å². The Bertz CT molecular complexity index is 332. The maximum Gasteiger partial charge on any atom is 0.401 e. The highest BCUT2D eigenvalue weighted by atomic mass is 19.4. The van der Waals surface area contributed by atoms with Gasteiger partial charge in [-0.2, -0.15) is 13.2 Å². The average molecular weight is 296 g/mol. The molecule has 0 saturated heterocycles. The van der Waals surface area contributed by atoms with Gasteiger partial charge in [0.05, 0.1) is 6.54 Å². The van der Waals surface area contributed by atoms with Crippen LogP contribution in [0.15, 0.2) is 0 Å². The van der Waals surface area contributed by atoms with Gasteiger partial charge in [0.15, 0.2) is 0 Å². The average Bonchev–Trinajstić information content (AvgIpc) is 3.08. The predicted octanol–water partition coefficient (Wildman–Crippen LogP) is 2.25. The van der Waals surface area contributed by atoms with Crippen LogP contribution in [0, 0.1) is 0 Å². The number of nitrogens with zero attached hydrogens (tertiary/aromatic N) is 1. The molecule has 1 aliphatic rings. The number of rotatable bonds is 9. The fourth-order valence-corrected chi connectivity index (χ4v) is 2.33. The van der Waals surface area contributed by atoms with Crippen molar-refractivity contribution in [1.82, 2.24) is 10.2 Å². The monoisotopic (exact) mass is 296 g/mol. The lowest BCUT2D eigenvalue weighted by atomic mass is 9.90. The second kappa shape index (κ2) is 6.76. The number of aliphatic carboxylic acids is 1. The lowest BCUT2D eigenvalue weighted by Gasteiger charge is -2.30. The summed E-state index contributed by atoms with van der Waals surface area (Å²) in [7, 11) is 1.40. The van der Waals surface area contributed by atoms with Gasteiger partial charge in [-0.15, -0.1) is 0 Å². The van der Waals surface area contributed by atoms with Crippen LogP contribution in [-0.2, 0) is 4.79 Å². The highest BCUT2D eigenvalue weighted by Crippen LogP contribution is 2.27. The van der Waals surface area contributed by atoms with Crippen LogP contribution in [-0.4, -0.2) is 53.9 Å². The first-order valence-electron chi connectivity index (χ1n) is 6.95. The van der Waals surface area contributed by atoms with E-state index in [0.29, 0.717) is 19.3 Å². The van der Waals surface area contributed by atoms with Crippen LogP contribution in [0.4, 0.5) is 13.2 Å². The minimum absolute atomic E-state index is 0.237. The first-order chi connectivity index (χ1) is 9.18. The van der Waals surface area contributed by atoms with Gasteiger partial charge in [0, 0.05) is 6.04 Å². The molecule has 0 aliphatic heterocycles. The third-order valence-corrected chi connectivity index (χ3v) is 3.66. The lowest BCUT2D eigenvalue weighted by molar-refractivity contribution is -0.147. The molecule has 0 amide bonds. The predicted molar refractivity (Wildman–Crippen MR) is 69.6 cm³/mol. The highest BCUT2D eigenvalue weighted by molar-refractivity contribution is 5.78. The van der Waals surface area contributed by atoms with Gasteiger partial charge in [0.1, 0.15) is 5.54 Å². The van der Waals surface area contributed by atoms with E-state index in [-0.39, 0.29) is 12.6 Å². The summed E-state index contributed by atoms with van der Waals surface area (Å²) in [6.45, 7) is 1.07. The number of carboxylic acids is 1. The summed E-state index contributed by atoms with van der Waals surface area (Å²) >= 11 is 0. The van der Waals surface area contributed by atoms with Crippen molar-refractivity contribution in [3.8, 4) is 0 Å². The van der Waals surface area contributed by atoms with Crippen LogP contribution in [0.5, 0.6) is 0 Å². The minimum atomic E-state index is -4.21. The quantitative estimate of drug-likeness (QED) is 0.685. The summed E-state index contributed by atoms with van der Waals surface area (Å²) in [5.41, 5.74) is -1.000. The van der Waals surface area contributed by atoms with Crippen molar-refractivity contribution in [2.45, 2.75) is 56.8 Å². The van der Waals surface area contributed by atoms with E-state index in [1.807, 2.05) is 0 Å². The van der Waals surface area contributed by atoms with E-state index in [1.54, 1.807) is 6.92 Å². The van der Waals surface area contributed by atoms with Gasteiger partial charge in [0.2, 0.25) is 0 Å². The Hall–Kier alpha value is -0.820. The standard InChI is InChI=1S/C13H23F3N2O2/c1-3-12(11(19)20,17-10-5-6-10)7-4-8-18(2)9-13(14,15)16/h10,17H,3-9H2,1-2H3,(H,19,20). The van der Waals surface area contributed by atoms with Crippen LogP contribution >= 0.6 is 0 Å². The van der Waals surface area contributed by atoms with Crippen LogP contribution in [0.3, 0.4) is 0 Å². The van der Waals surface area contributed by atoms with Gasteiger partial charge >= 0.3 is 12.1 Å². The summed E-state index contributed by atoms with van der Waals surface area (Å²) in [6, 6.07) is 0.249. The normalized spacial score (nSPS) is 19.1. The molecule has 4 nitrogen and oxygen atoms in total. The fraction of sp³-hybridized carbons (Fsp3) is 0.923. The summed E-state index contributed by atoms with van der Waals surface area (Å²) < 4.78 is 36.6. The van der Waals surface area contributed by atoms with E-state index < -0.39 is 24.2 Å². The van der Waals surface area contributed by atoms with Gasteiger partial charge in [-0.25, -0.2) is 0 Å². The number of hydrogen-bond acceptors (Lipinski definition) is 3. The molecule has 118 valence electrons. The third-order valence-electron chi connectivity index (χ3n) is 3.66. The van der Waals surface area contributed by atoms with E-state index in [0.717, 1.165) is 12.8 Å². The number of carbonyl (C=O) groups is 1. The smallest absolute Gasteiger partial charge is 0.401 e. The van der Waals surface area contributed by atoms with Gasteiger partial charge in [0.25, 0.3) is 0 Å². The minimum Gasteiger partial charge on any atom is -0.480 e. The molecule has 0 aromatic rings. The maximum atomic E-state index is 12.2. The van der Waals surface area contributed by atoms with E-state index in [2.05, 4.69) is 5.32 Å². The lowest BCUT2D eigenvalue weighted by Crippen LogP contribution is -2.53. The molecule has 1 unspecified atom stereocenters. The van der Waals surface area contributed by atoms with Gasteiger partial charge in [-0.1, -0.05) is 6.92 Å². The van der Waals surface area contributed by atoms with Crippen molar-refractivity contribution < 1.29 is 23.1 Å². The zero-order valence-electron chi connectivity index (χ0n) is 12.0. The third kappa shape index (κ3) is 5.66. The fourth-order valence-electron chi connectivity index (χ4n) is 2.33. The van der Waals surface area contributed by atoms with Crippen molar-refractivity contribution in [3.05, 3.63) is 0 Å². The van der Waals surface area contributed by atoms with Gasteiger partial charge in [-0.05, 0) is 45.7 Å². The molecule has 0 bridgehead atoms. The molecule has 1 fully saturated rings. The van der Waals surface area contributed by atoms with Crippen molar-refractivity contribution in [3.63, 3.8) is 0 Å². The molecule has 1 atom stereocenters. The largest absolute Gasteiger partial charge is 0.480 e. The molecule has 7 heteroatoms. The second-order valence-electron chi connectivity index (χ2n) is 5.62. The summed E-state index contributed by atoms with van der Waals surface area (Å²) in [5, 5.41) is 12.5. The van der Waals surface area contributed by atoms with Gasteiger partial charge in [-0.3, -0.25) is 15.0 Å². The molecule has 0 aromatic heterocycles. The molecule has 0 aromatic carbocycles. The number of alkyl halides is 3. The van der Waals surface area contributed by atoms with E-state index in [1.165, 1.54) is 11.9 Å². The molecule has 0 spiro atoms. The summed E-state index contributed by atoms with van der Waals surface area (Å²) in [4.78, 5) is 12.6. The van der Waals surface area contributed by atoms with Gasteiger partial charge < -0.3 is 5.11 Å². The molecule has 0 radical (unpaired) electrons. The van der Waals surface area contributed by atoms with Crippen LogP contribution in [0.1, 0.15) is 39.0 Å². The molecule has 20 heavy (non-hydrogen) atoms. The number of halogens is 3. The van der Waals surface area contributed by atoms with Crippen LogP contribution in [0.2, 0.25) is 0 Å².